The van der Waals surface area contributed by atoms with E-state index in [-0.39, 0.29) is 61.6 Å². The lowest BCUT2D eigenvalue weighted by Crippen LogP contribution is -2.54. The minimum Gasteiger partial charge on any atom is -0.494 e. The molecule has 0 bridgehead atoms. The van der Waals surface area contributed by atoms with E-state index in [1.807, 2.05) is 44.2 Å². The van der Waals surface area contributed by atoms with Crippen LogP contribution in [0, 0.1) is 0 Å². The van der Waals surface area contributed by atoms with E-state index in [1.54, 1.807) is 0 Å². The Kier molecular flexibility index (Phi) is 8.48. The van der Waals surface area contributed by atoms with Gasteiger partial charge in [-0.1, -0.05) is 32.0 Å². The number of para-hydroxylation sites is 1. The number of aromatic nitrogens is 2. The molecular formula is C27H33N3O8S. The zero-order valence-electron chi connectivity index (χ0n) is 21.9. The summed E-state index contributed by atoms with van der Waals surface area (Å²) in [5.41, 5.74) is 2.36. The number of hydroxylamine groups is 1. The first-order valence-corrected chi connectivity index (χ1v) is 14.2. The number of carbonyl (C=O) groups excluding carboxylic acids is 1. The quantitative estimate of drug-likeness (QED) is 0.195. The van der Waals surface area contributed by atoms with Crippen molar-refractivity contribution in [2.75, 3.05) is 19.8 Å². The summed E-state index contributed by atoms with van der Waals surface area (Å²) in [6.45, 7) is 4.41. The third-order valence-corrected chi connectivity index (χ3v) is 9.48. The summed E-state index contributed by atoms with van der Waals surface area (Å²) < 4.78 is 38.7. The van der Waals surface area contributed by atoms with Crippen LogP contribution < -0.4 is 15.9 Å². The summed E-state index contributed by atoms with van der Waals surface area (Å²) >= 11 is 0. The number of amides is 1. The van der Waals surface area contributed by atoms with Crippen molar-refractivity contribution in [3.05, 3.63) is 70.8 Å². The lowest BCUT2D eigenvalue weighted by molar-refractivity contribution is -0.134. The van der Waals surface area contributed by atoms with Gasteiger partial charge >= 0.3 is 5.69 Å². The molecule has 3 aromatic rings. The molecule has 12 heteroatoms. The molecule has 1 aromatic heterocycles. The van der Waals surface area contributed by atoms with Gasteiger partial charge in [0.1, 0.15) is 5.75 Å². The van der Waals surface area contributed by atoms with Crippen molar-refractivity contribution in [2.24, 2.45) is 0 Å². The minimum atomic E-state index is -4.13. The van der Waals surface area contributed by atoms with Gasteiger partial charge in [-0.2, -0.15) is 0 Å². The Labute approximate surface area is 226 Å². The molecule has 0 atom stereocenters. The molecule has 0 spiro atoms. The molecule has 3 N–H and O–H groups in total. The summed E-state index contributed by atoms with van der Waals surface area (Å²) in [5.74, 6) is -0.745. The Morgan fingerprint density at radius 2 is 1.74 bits per heavy atom. The average Bonchev–Trinajstić information content (AvgIpc) is 3.20. The Balaban J connectivity index is 1.44. The standard InChI is InChI=1S/C27H33N3O8S/c1-19(2)23-24(31)29(26(33)30(23)20-7-4-3-5-8-20)15-6-16-38-21-9-11-22(12-10-21)39(35,36)27(25(32)28-34)13-17-37-18-14-27/h3-5,7-12,19,31,34H,6,13-18H2,1-2H3,(H,28,32). The predicted molar refractivity (Wildman–Crippen MR) is 142 cm³/mol. The molecule has 11 nitrogen and oxygen atoms in total. The Hall–Kier alpha value is -3.61. The third kappa shape index (κ3) is 5.32. The summed E-state index contributed by atoms with van der Waals surface area (Å²) in [7, 11) is -4.13. The van der Waals surface area contributed by atoms with Crippen molar-refractivity contribution in [1.29, 1.82) is 0 Å². The van der Waals surface area contributed by atoms with E-state index in [2.05, 4.69) is 0 Å². The van der Waals surface area contributed by atoms with Gasteiger partial charge in [0.05, 0.1) is 22.9 Å². The summed E-state index contributed by atoms with van der Waals surface area (Å²) in [6.07, 6.45) is 0.261. The molecule has 4 rings (SSSR count). The molecule has 0 radical (unpaired) electrons. The van der Waals surface area contributed by atoms with Gasteiger partial charge in [-0.15, -0.1) is 0 Å². The normalized spacial score (nSPS) is 15.3. The Morgan fingerprint density at radius 3 is 2.33 bits per heavy atom. The van der Waals surface area contributed by atoms with Gasteiger partial charge in [-0.05, 0) is 61.6 Å². The number of carbonyl (C=O) groups is 1. The highest BCUT2D eigenvalue weighted by molar-refractivity contribution is 7.93. The van der Waals surface area contributed by atoms with Gasteiger partial charge in [-0.3, -0.25) is 19.1 Å². The summed E-state index contributed by atoms with van der Waals surface area (Å²) in [6, 6.07) is 14.8. The maximum atomic E-state index is 13.4. The van der Waals surface area contributed by atoms with E-state index in [0.29, 0.717) is 23.6 Å². The van der Waals surface area contributed by atoms with Crippen molar-refractivity contribution in [3.63, 3.8) is 0 Å². The molecule has 1 fully saturated rings. The first-order chi connectivity index (χ1) is 18.6. The molecule has 1 aliphatic heterocycles. The van der Waals surface area contributed by atoms with Gasteiger partial charge < -0.3 is 14.6 Å². The van der Waals surface area contributed by atoms with E-state index in [0.717, 1.165) is 0 Å². The fourth-order valence-corrected chi connectivity index (χ4v) is 6.81. The number of hydrogen-bond acceptors (Lipinski definition) is 8. The fourth-order valence-electron chi connectivity index (χ4n) is 4.87. The van der Waals surface area contributed by atoms with Crippen molar-refractivity contribution in [2.45, 2.75) is 55.2 Å². The minimum absolute atomic E-state index is 0.0692. The lowest BCUT2D eigenvalue weighted by atomic mass is 9.98. The van der Waals surface area contributed by atoms with E-state index < -0.39 is 20.5 Å². The summed E-state index contributed by atoms with van der Waals surface area (Å²) in [4.78, 5) is 25.5. The van der Waals surface area contributed by atoms with Crippen LogP contribution in [0.1, 0.15) is 44.7 Å². The first-order valence-electron chi connectivity index (χ1n) is 12.7. The molecule has 1 saturated heterocycles. The third-order valence-electron chi connectivity index (χ3n) is 6.97. The molecule has 0 unspecified atom stereocenters. The molecule has 39 heavy (non-hydrogen) atoms. The summed E-state index contributed by atoms with van der Waals surface area (Å²) in [5, 5.41) is 20.0. The SMILES string of the molecule is CC(C)c1c(O)n(CCCOc2ccc(S(=O)(=O)C3(C(=O)NO)CCOCC3)cc2)c(=O)n1-c1ccccc1. The van der Waals surface area contributed by atoms with E-state index in [4.69, 9.17) is 9.47 Å². The van der Waals surface area contributed by atoms with Crippen molar-refractivity contribution in [1.82, 2.24) is 14.6 Å². The maximum Gasteiger partial charge on any atom is 0.335 e. The lowest BCUT2D eigenvalue weighted by Gasteiger charge is -2.34. The number of aromatic hydroxyl groups is 1. The number of rotatable bonds is 10. The molecule has 1 amide bonds. The highest BCUT2D eigenvalue weighted by Gasteiger charge is 2.52. The molecule has 0 saturated carbocycles. The second-order valence-electron chi connectivity index (χ2n) is 9.69. The second kappa shape index (κ2) is 11.6. The average molecular weight is 560 g/mol. The maximum absolute atomic E-state index is 13.4. The Morgan fingerprint density at radius 1 is 1.10 bits per heavy atom. The molecule has 0 aliphatic carbocycles. The van der Waals surface area contributed by atoms with Crippen LogP contribution in [-0.2, 0) is 25.9 Å². The fraction of sp³-hybridized carbons (Fsp3) is 0.407. The number of hydrogen-bond donors (Lipinski definition) is 3. The van der Waals surface area contributed by atoms with Gasteiger partial charge in [0.25, 0.3) is 5.91 Å². The van der Waals surface area contributed by atoms with Crippen molar-refractivity contribution >= 4 is 15.7 Å². The van der Waals surface area contributed by atoms with Crippen LogP contribution in [0.5, 0.6) is 11.6 Å². The monoisotopic (exact) mass is 559 g/mol. The van der Waals surface area contributed by atoms with Crippen molar-refractivity contribution in [3.8, 4) is 17.3 Å². The smallest absolute Gasteiger partial charge is 0.335 e. The van der Waals surface area contributed by atoms with E-state index >= 15 is 0 Å². The number of imidazole rings is 1. The molecule has 1 aliphatic rings. The van der Waals surface area contributed by atoms with Crippen LogP contribution in [-0.4, -0.2) is 58.3 Å². The van der Waals surface area contributed by atoms with E-state index in [9.17, 15) is 28.3 Å². The number of benzene rings is 2. The topological polar surface area (TPSA) is 149 Å². The number of nitrogens with zero attached hydrogens (tertiary/aromatic N) is 2. The van der Waals surface area contributed by atoms with Crippen LogP contribution in [0.15, 0.2) is 64.3 Å². The van der Waals surface area contributed by atoms with Crippen LogP contribution in [0.3, 0.4) is 0 Å². The number of nitrogens with one attached hydrogen (secondary N) is 1. The zero-order chi connectivity index (χ0) is 28.2. The second-order valence-corrected chi connectivity index (χ2v) is 12.0. The highest BCUT2D eigenvalue weighted by atomic mass is 32.2. The largest absolute Gasteiger partial charge is 0.494 e. The van der Waals surface area contributed by atoms with Gasteiger partial charge in [0.15, 0.2) is 14.6 Å². The Bertz CT molecular complexity index is 1460. The van der Waals surface area contributed by atoms with Crippen LogP contribution in [0.4, 0.5) is 0 Å². The first kappa shape index (κ1) is 28.4. The van der Waals surface area contributed by atoms with Gasteiger partial charge in [0, 0.05) is 19.8 Å². The molecular weight excluding hydrogens is 526 g/mol. The van der Waals surface area contributed by atoms with Gasteiger partial charge in [-0.25, -0.2) is 18.7 Å². The zero-order valence-corrected chi connectivity index (χ0v) is 22.7. The highest BCUT2D eigenvalue weighted by Crippen LogP contribution is 2.36. The number of sulfone groups is 1. The van der Waals surface area contributed by atoms with Crippen molar-refractivity contribution < 1.29 is 33.0 Å². The van der Waals surface area contributed by atoms with Crippen LogP contribution >= 0.6 is 0 Å². The predicted octanol–water partition coefficient (Wildman–Crippen LogP) is 2.77. The van der Waals surface area contributed by atoms with Crippen LogP contribution in [0.2, 0.25) is 0 Å². The molecule has 2 aromatic carbocycles. The van der Waals surface area contributed by atoms with Crippen LogP contribution in [0.25, 0.3) is 5.69 Å². The molecule has 2 heterocycles. The number of ether oxygens (including phenoxy) is 2. The molecule has 210 valence electrons. The van der Waals surface area contributed by atoms with Gasteiger partial charge in [0.2, 0.25) is 5.88 Å². The van der Waals surface area contributed by atoms with E-state index in [1.165, 1.54) is 38.9 Å².